The monoisotopic (exact) mass is 289 g/mol. The normalized spacial score (nSPS) is 25.0. The van der Waals surface area contributed by atoms with Crippen LogP contribution in [0.2, 0.25) is 0 Å². The van der Waals surface area contributed by atoms with E-state index in [1.807, 2.05) is 36.1 Å². The van der Waals surface area contributed by atoms with Crippen LogP contribution in [0.1, 0.15) is 41.6 Å². The van der Waals surface area contributed by atoms with Crippen molar-refractivity contribution in [3.05, 3.63) is 35.4 Å². The van der Waals surface area contributed by atoms with Gasteiger partial charge in [-0.15, -0.1) is 0 Å². The van der Waals surface area contributed by atoms with Gasteiger partial charge in [0.25, 0.3) is 5.91 Å². The van der Waals surface area contributed by atoms with Crippen molar-refractivity contribution in [1.82, 2.24) is 4.90 Å². The number of aliphatic hydroxyl groups excluding tert-OH is 1. The van der Waals surface area contributed by atoms with Gasteiger partial charge in [0.1, 0.15) is 0 Å². The summed E-state index contributed by atoms with van der Waals surface area (Å²) < 4.78 is 5.93. The summed E-state index contributed by atoms with van der Waals surface area (Å²) in [4.78, 5) is 14.4. The summed E-state index contributed by atoms with van der Waals surface area (Å²) in [5.41, 5.74) is 1.71. The Kier molecular flexibility index (Phi) is 4.00. The van der Waals surface area contributed by atoms with Crippen molar-refractivity contribution in [1.29, 1.82) is 0 Å². The third kappa shape index (κ3) is 3.11. The number of rotatable bonds is 1. The molecular weight excluding hydrogens is 266 g/mol. The molecule has 114 valence electrons. The van der Waals surface area contributed by atoms with Crippen LogP contribution < -0.4 is 0 Å². The molecule has 0 radical (unpaired) electrons. The first-order valence-electron chi connectivity index (χ1n) is 7.76. The average molecular weight is 289 g/mol. The van der Waals surface area contributed by atoms with Crippen LogP contribution in [0.5, 0.6) is 0 Å². The quantitative estimate of drug-likeness (QED) is 0.861. The van der Waals surface area contributed by atoms with Crippen molar-refractivity contribution in [2.75, 3.05) is 19.7 Å². The minimum atomic E-state index is -0.252. The summed E-state index contributed by atoms with van der Waals surface area (Å²) in [5.74, 6) is 0.0983. The zero-order valence-electron chi connectivity index (χ0n) is 12.5. The van der Waals surface area contributed by atoms with Crippen molar-refractivity contribution < 1.29 is 14.6 Å². The number of carbonyl (C=O) groups excluding carboxylic acids is 1. The number of ether oxygens (including phenoxy) is 1. The Labute approximate surface area is 125 Å². The van der Waals surface area contributed by atoms with E-state index in [0.717, 1.165) is 30.4 Å². The lowest BCUT2D eigenvalue weighted by atomic mass is 9.83. The Morgan fingerprint density at radius 3 is 2.57 bits per heavy atom. The highest BCUT2D eigenvalue weighted by molar-refractivity contribution is 5.94. The van der Waals surface area contributed by atoms with Crippen LogP contribution in [0.3, 0.4) is 0 Å². The molecular formula is C17H23NO3. The van der Waals surface area contributed by atoms with Crippen molar-refractivity contribution in [3.8, 4) is 0 Å². The summed E-state index contributed by atoms with van der Waals surface area (Å²) in [7, 11) is 0. The number of aliphatic hydroxyl groups is 1. The minimum absolute atomic E-state index is 0.0983. The Balaban J connectivity index is 1.62. The van der Waals surface area contributed by atoms with Crippen LogP contribution in [0, 0.1) is 6.92 Å². The van der Waals surface area contributed by atoms with Crippen molar-refractivity contribution >= 4 is 5.91 Å². The van der Waals surface area contributed by atoms with E-state index < -0.39 is 0 Å². The number of carbonyl (C=O) groups is 1. The molecule has 2 aliphatic heterocycles. The van der Waals surface area contributed by atoms with Crippen LogP contribution in [-0.4, -0.2) is 47.3 Å². The smallest absolute Gasteiger partial charge is 0.253 e. The molecule has 4 nitrogen and oxygen atoms in total. The highest BCUT2D eigenvalue weighted by Gasteiger charge is 2.40. The van der Waals surface area contributed by atoms with Crippen molar-refractivity contribution in [2.24, 2.45) is 0 Å². The third-order valence-corrected chi connectivity index (χ3v) is 4.73. The van der Waals surface area contributed by atoms with Crippen LogP contribution in [0.4, 0.5) is 0 Å². The highest BCUT2D eigenvalue weighted by atomic mass is 16.5. The first kappa shape index (κ1) is 14.5. The van der Waals surface area contributed by atoms with Gasteiger partial charge in [-0.3, -0.25) is 4.79 Å². The molecule has 0 bridgehead atoms. The van der Waals surface area contributed by atoms with E-state index in [0.29, 0.717) is 26.1 Å². The van der Waals surface area contributed by atoms with Gasteiger partial charge in [0, 0.05) is 31.7 Å². The molecule has 1 spiro atoms. The van der Waals surface area contributed by atoms with Gasteiger partial charge < -0.3 is 14.7 Å². The van der Waals surface area contributed by atoms with E-state index in [1.165, 1.54) is 0 Å². The predicted molar refractivity (Wildman–Crippen MR) is 80.2 cm³/mol. The van der Waals surface area contributed by atoms with Crippen LogP contribution in [0.25, 0.3) is 0 Å². The molecule has 0 aromatic heterocycles. The summed E-state index contributed by atoms with van der Waals surface area (Å²) in [6, 6.07) is 7.73. The SMILES string of the molecule is Cc1ccc(C(=O)N2CCC3(CC2)C[C@@H](O)CCO3)cc1. The fourth-order valence-corrected chi connectivity index (χ4v) is 3.35. The van der Waals surface area contributed by atoms with E-state index in [-0.39, 0.29) is 17.6 Å². The second-order valence-corrected chi connectivity index (χ2v) is 6.34. The number of nitrogens with zero attached hydrogens (tertiary/aromatic N) is 1. The molecule has 2 aliphatic rings. The Morgan fingerprint density at radius 2 is 1.95 bits per heavy atom. The van der Waals surface area contributed by atoms with Gasteiger partial charge in [-0.2, -0.15) is 0 Å². The summed E-state index contributed by atoms with van der Waals surface area (Å²) in [5, 5.41) is 9.85. The van der Waals surface area contributed by atoms with E-state index in [2.05, 4.69) is 0 Å². The second-order valence-electron chi connectivity index (χ2n) is 6.34. The second kappa shape index (κ2) is 5.78. The lowest BCUT2D eigenvalue weighted by Gasteiger charge is -2.45. The standard InChI is InChI=1S/C17H23NO3/c1-13-2-4-14(5-3-13)16(20)18-9-7-17(8-10-18)12-15(19)6-11-21-17/h2-5,15,19H,6-12H2,1H3/t15-/m0/s1. The molecule has 0 saturated carbocycles. The number of piperidine rings is 1. The minimum Gasteiger partial charge on any atom is -0.393 e. The molecule has 1 aromatic carbocycles. The lowest BCUT2D eigenvalue weighted by Crippen LogP contribution is -2.51. The van der Waals surface area contributed by atoms with Crippen molar-refractivity contribution in [2.45, 2.75) is 44.3 Å². The topological polar surface area (TPSA) is 49.8 Å². The molecule has 4 heteroatoms. The van der Waals surface area contributed by atoms with E-state index in [1.54, 1.807) is 0 Å². The van der Waals surface area contributed by atoms with Gasteiger partial charge in [0.2, 0.25) is 0 Å². The fourth-order valence-electron chi connectivity index (χ4n) is 3.35. The lowest BCUT2D eigenvalue weighted by molar-refractivity contribution is -0.139. The molecule has 1 atom stereocenters. The summed E-state index contributed by atoms with van der Waals surface area (Å²) >= 11 is 0. The Bertz CT molecular complexity index is 503. The molecule has 2 heterocycles. The maximum Gasteiger partial charge on any atom is 0.253 e. The predicted octanol–water partition coefficient (Wildman–Crippen LogP) is 2.14. The molecule has 0 unspecified atom stereocenters. The van der Waals surface area contributed by atoms with E-state index >= 15 is 0 Å². The number of aryl methyl sites for hydroxylation is 1. The Morgan fingerprint density at radius 1 is 1.29 bits per heavy atom. The van der Waals surface area contributed by atoms with E-state index in [9.17, 15) is 9.90 Å². The van der Waals surface area contributed by atoms with Gasteiger partial charge in [-0.05, 0) is 38.3 Å². The summed E-state index contributed by atoms with van der Waals surface area (Å²) in [6.07, 6.45) is 2.83. The molecule has 1 N–H and O–H groups in total. The number of likely N-dealkylation sites (tertiary alicyclic amines) is 1. The number of hydrogen-bond acceptors (Lipinski definition) is 3. The molecule has 1 amide bonds. The Hall–Kier alpha value is -1.39. The van der Waals surface area contributed by atoms with Gasteiger partial charge in [-0.1, -0.05) is 17.7 Å². The average Bonchev–Trinajstić information content (AvgIpc) is 2.48. The highest BCUT2D eigenvalue weighted by Crippen LogP contribution is 2.35. The molecule has 21 heavy (non-hydrogen) atoms. The fraction of sp³-hybridized carbons (Fsp3) is 0.588. The first-order valence-corrected chi connectivity index (χ1v) is 7.76. The molecule has 2 saturated heterocycles. The maximum absolute atomic E-state index is 12.5. The number of amides is 1. The molecule has 1 aromatic rings. The third-order valence-electron chi connectivity index (χ3n) is 4.73. The van der Waals surface area contributed by atoms with Gasteiger partial charge in [-0.25, -0.2) is 0 Å². The van der Waals surface area contributed by atoms with Crippen LogP contribution in [0.15, 0.2) is 24.3 Å². The zero-order chi connectivity index (χ0) is 14.9. The number of hydrogen-bond donors (Lipinski definition) is 1. The molecule has 0 aliphatic carbocycles. The van der Waals surface area contributed by atoms with Crippen LogP contribution in [-0.2, 0) is 4.74 Å². The van der Waals surface area contributed by atoms with E-state index in [4.69, 9.17) is 4.74 Å². The molecule has 2 fully saturated rings. The van der Waals surface area contributed by atoms with Crippen LogP contribution >= 0.6 is 0 Å². The maximum atomic E-state index is 12.5. The zero-order valence-corrected chi connectivity index (χ0v) is 12.5. The van der Waals surface area contributed by atoms with Gasteiger partial charge in [0.15, 0.2) is 0 Å². The first-order chi connectivity index (χ1) is 10.1. The van der Waals surface area contributed by atoms with Crippen molar-refractivity contribution in [3.63, 3.8) is 0 Å². The van der Waals surface area contributed by atoms with Gasteiger partial charge >= 0.3 is 0 Å². The molecule has 3 rings (SSSR count). The largest absolute Gasteiger partial charge is 0.393 e. The summed E-state index contributed by atoms with van der Waals surface area (Å²) in [6.45, 7) is 4.07. The number of benzene rings is 1. The van der Waals surface area contributed by atoms with Gasteiger partial charge in [0.05, 0.1) is 11.7 Å².